The van der Waals surface area contributed by atoms with Crippen molar-refractivity contribution in [1.29, 1.82) is 0 Å². The molecule has 21 heavy (non-hydrogen) atoms. The summed E-state index contributed by atoms with van der Waals surface area (Å²) in [5.74, 6) is 0.00308. The molecular weight excluding hydrogens is 260 g/mol. The number of ketones is 1. The summed E-state index contributed by atoms with van der Waals surface area (Å²) in [6.45, 7) is 6.09. The van der Waals surface area contributed by atoms with E-state index in [2.05, 4.69) is 6.92 Å². The third kappa shape index (κ3) is 4.02. The molecule has 0 saturated heterocycles. The Morgan fingerprint density at radius 3 is 2.05 bits per heavy atom. The maximum absolute atomic E-state index is 12.8. The largest absolute Gasteiger partial charge is 0.359 e. The van der Waals surface area contributed by atoms with Crippen molar-refractivity contribution in [3.63, 3.8) is 0 Å². The number of carbonyl (C=O) groups excluding carboxylic acids is 1. The minimum absolute atomic E-state index is 0.00308. The number of benzene rings is 2. The van der Waals surface area contributed by atoms with E-state index in [-0.39, 0.29) is 11.4 Å². The molecule has 0 fully saturated rings. The lowest BCUT2D eigenvalue weighted by molar-refractivity contribution is -0.0605. The van der Waals surface area contributed by atoms with Gasteiger partial charge in [0.15, 0.2) is 5.78 Å². The molecule has 2 aromatic rings. The zero-order valence-electron chi connectivity index (χ0n) is 12.9. The lowest BCUT2D eigenvalue weighted by Crippen LogP contribution is -2.29. The van der Waals surface area contributed by atoms with Crippen LogP contribution in [0.1, 0.15) is 49.2 Å². The first-order valence-corrected chi connectivity index (χ1v) is 7.35. The summed E-state index contributed by atoms with van der Waals surface area (Å²) in [5, 5.41) is 0. The minimum atomic E-state index is -0.566. The van der Waals surface area contributed by atoms with Crippen LogP contribution in [0.3, 0.4) is 0 Å². The quantitative estimate of drug-likeness (QED) is 0.710. The highest BCUT2D eigenvalue weighted by molar-refractivity contribution is 6.00. The minimum Gasteiger partial charge on any atom is -0.359 e. The van der Waals surface area contributed by atoms with Gasteiger partial charge in [0.1, 0.15) is 6.10 Å². The highest BCUT2D eigenvalue weighted by Crippen LogP contribution is 2.29. The van der Waals surface area contributed by atoms with E-state index in [1.807, 2.05) is 74.5 Å². The Hall–Kier alpha value is -1.93. The molecule has 0 saturated carbocycles. The van der Waals surface area contributed by atoms with Crippen LogP contribution in [0.15, 0.2) is 60.7 Å². The molecule has 0 bridgehead atoms. The van der Waals surface area contributed by atoms with Gasteiger partial charge in [0.25, 0.3) is 0 Å². The lowest BCUT2D eigenvalue weighted by Gasteiger charge is -2.29. The van der Waals surface area contributed by atoms with Gasteiger partial charge in [-0.1, -0.05) is 67.6 Å². The molecule has 0 aromatic heterocycles. The first-order valence-electron chi connectivity index (χ1n) is 7.35. The van der Waals surface area contributed by atoms with Crippen LogP contribution in [0, 0.1) is 0 Å². The van der Waals surface area contributed by atoms with Crippen molar-refractivity contribution < 1.29 is 9.53 Å². The summed E-state index contributed by atoms with van der Waals surface area (Å²) in [4.78, 5) is 12.8. The number of rotatable bonds is 6. The second-order valence-electron chi connectivity index (χ2n) is 5.75. The molecule has 0 N–H and O–H groups in total. The molecule has 0 aliphatic rings. The predicted octanol–water partition coefficient (Wildman–Crippen LogP) is 4.82. The average molecular weight is 282 g/mol. The van der Waals surface area contributed by atoms with Crippen molar-refractivity contribution >= 4 is 5.78 Å². The molecule has 0 aliphatic heterocycles. The highest BCUT2D eigenvalue weighted by atomic mass is 16.5. The molecule has 0 radical (unpaired) electrons. The van der Waals surface area contributed by atoms with Gasteiger partial charge in [-0.25, -0.2) is 0 Å². The van der Waals surface area contributed by atoms with E-state index in [1.165, 1.54) is 0 Å². The van der Waals surface area contributed by atoms with Crippen LogP contribution >= 0.6 is 0 Å². The van der Waals surface area contributed by atoms with E-state index in [4.69, 9.17) is 4.74 Å². The van der Waals surface area contributed by atoms with Gasteiger partial charge in [0.05, 0.1) is 5.60 Å². The van der Waals surface area contributed by atoms with Crippen molar-refractivity contribution in [2.75, 3.05) is 0 Å². The number of ether oxygens (including phenoxy) is 1. The van der Waals surface area contributed by atoms with E-state index < -0.39 is 6.10 Å². The van der Waals surface area contributed by atoms with Crippen molar-refractivity contribution in [1.82, 2.24) is 0 Å². The monoisotopic (exact) mass is 282 g/mol. The van der Waals surface area contributed by atoms with Crippen LogP contribution < -0.4 is 0 Å². The summed E-state index contributed by atoms with van der Waals surface area (Å²) in [6, 6.07) is 19.0. The second kappa shape index (κ2) is 6.68. The first kappa shape index (κ1) is 15.5. The zero-order valence-corrected chi connectivity index (χ0v) is 12.9. The van der Waals surface area contributed by atoms with Crippen LogP contribution in [0.25, 0.3) is 0 Å². The average Bonchev–Trinajstić information content (AvgIpc) is 2.54. The first-order chi connectivity index (χ1) is 10.0. The number of hydrogen-bond acceptors (Lipinski definition) is 2. The second-order valence-corrected chi connectivity index (χ2v) is 5.75. The molecule has 1 atom stereocenters. The van der Waals surface area contributed by atoms with Gasteiger partial charge in [-0.05, 0) is 25.8 Å². The van der Waals surface area contributed by atoms with E-state index >= 15 is 0 Å². The van der Waals surface area contributed by atoms with Gasteiger partial charge in [-0.2, -0.15) is 0 Å². The Morgan fingerprint density at radius 2 is 1.52 bits per heavy atom. The van der Waals surface area contributed by atoms with Crippen molar-refractivity contribution in [3.05, 3.63) is 71.8 Å². The molecule has 0 aliphatic carbocycles. The molecule has 110 valence electrons. The molecule has 0 heterocycles. The van der Waals surface area contributed by atoms with Crippen LogP contribution in [0.4, 0.5) is 0 Å². The Kier molecular flexibility index (Phi) is 4.92. The van der Waals surface area contributed by atoms with Crippen LogP contribution in [0.2, 0.25) is 0 Å². The SMILES string of the molecule is CCC(C)(C)OC(C(=O)c1ccccc1)c1ccccc1. The molecule has 2 aromatic carbocycles. The maximum atomic E-state index is 12.8. The summed E-state index contributed by atoms with van der Waals surface area (Å²) < 4.78 is 6.14. The Morgan fingerprint density at radius 1 is 1.00 bits per heavy atom. The number of Topliss-reactive ketones (excluding diaryl/α,β-unsaturated/α-hetero) is 1. The van der Waals surface area contributed by atoms with Crippen molar-refractivity contribution in [2.45, 2.75) is 38.9 Å². The van der Waals surface area contributed by atoms with E-state index in [9.17, 15) is 4.79 Å². The zero-order chi connectivity index (χ0) is 15.3. The smallest absolute Gasteiger partial charge is 0.196 e. The Bertz CT molecular complexity index is 573. The number of carbonyl (C=O) groups is 1. The van der Waals surface area contributed by atoms with E-state index in [1.54, 1.807) is 0 Å². The van der Waals surface area contributed by atoms with Gasteiger partial charge < -0.3 is 4.74 Å². The fourth-order valence-corrected chi connectivity index (χ4v) is 2.06. The molecule has 2 nitrogen and oxygen atoms in total. The van der Waals surface area contributed by atoms with Crippen LogP contribution in [0.5, 0.6) is 0 Å². The topological polar surface area (TPSA) is 26.3 Å². The van der Waals surface area contributed by atoms with Crippen molar-refractivity contribution in [2.24, 2.45) is 0 Å². The Labute approximate surface area is 126 Å². The van der Waals surface area contributed by atoms with Gasteiger partial charge in [0.2, 0.25) is 0 Å². The molecule has 1 unspecified atom stereocenters. The van der Waals surface area contributed by atoms with Crippen molar-refractivity contribution in [3.8, 4) is 0 Å². The molecular formula is C19H22O2. The molecule has 0 spiro atoms. The molecule has 0 amide bonds. The molecule has 2 rings (SSSR count). The Balaban J connectivity index is 2.35. The summed E-state index contributed by atoms with van der Waals surface area (Å²) in [6.07, 6.45) is 0.279. The summed E-state index contributed by atoms with van der Waals surface area (Å²) in [5.41, 5.74) is 1.23. The fourth-order valence-electron chi connectivity index (χ4n) is 2.06. The third-order valence-electron chi connectivity index (χ3n) is 3.69. The van der Waals surface area contributed by atoms with Gasteiger partial charge in [-0.15, -0.1) is 0 Å². The summed E-state index contributed by atoms with van der Waals surface area (Å²) >= 11 is 0. The van der Waals surface area contributed by atoms with Gasteiger partial charge in [-0.3, -0.25) is 4.79 Å². The van der Waals surface area contributed by atoms with E-state index in [0.29, 0.717) is 5.56 Å². The summed E-state index contributed by atoms with van der Waals surface area (Å²) in [7, 11) is 0. The van der Waals surface area contributed by atoms with Gasteiger partial charge >= 0.3 is 0 Å². The molecule has 2 heteroatoms. The van der Waals surface area contributed by atoms with Crippen LogP contribution in [-0.2, 0) is 4.74 Å². The number of hydrogen-bond donors (Lipinski definition) is 0. The predicted molar refractivity (Wildman–Crippen MR) is 85.4 cm³/mol. The van der Waals surface area contributed by atoms with Crippen LogP contribution in [-0.4, -0.2) is 11.4 Å². The highest BCUT2D eigenvalue weighted by Gasteiger charge is 2.29. The van der Waals surface area contributed by atoms with E-state index in [0.717, 1.165) is 12.0 Å². The normalized spacial score (nSPS) is 12.9. The lowest BCUT2D eigenvalue weighted by atomic mass is 9.98. The standard InChI is InChI=1S/C19H22O2/c1-4-19(2,3)21-18(16-13-9-6-10-14-16)17(20)15-11-7-5-8-12-15/h5-14,18H,4H2,1-3H3. The fraction of sp³-hybridized carbons (Fsp3) is 0.316. The maximum Gasteiger partial charge on any atom is 0.196 e. The van der Waals surface area contributed by atoms with Gasteiger partial charge in [0, 0.05) is 5.56 Å². The third-order valence-corrected chi connectivity index (χ3v) is 3.69.